The van der Waals surface area contributed by atoms with E-state index in [0.717, 1.165) is 24.0 Å². The van der Waals surface area contributed by atoms with Gasteiger partial charge in [-0.1, -0.05) is 0 Å². The lowest BCUT2D eigenvalue weighted by molar-refractivity contribution is -0.129. The molecule has 47 heavy (non-hydrogen) atoms. The summed E-state index contributed by atoms with van der Waals surface area (Å²) in [5.41, 5.74) is 3.03. The molecule has 254 valence electrons. The van der Waals surface area contributed by atoms with E-state index >= 15 is 0 Å². The Morgan fingerprint density at radius 1 is 1.13 bits per heavy atom. The van der Waals surface area contributed by atoms with Gasteiger partial charge in [0.15, 0.2) is 23.7 Å². The van der Waals surface area contributed by atoms with Crippen LogP contribution in [-0.4, -0.2) is 94.6 Å². The molecule has 1 saturated heterocycles. The summed E-state index contributed by atoms with van der Waals surface area (Å²) in [5.74, 6) is 1.40. The van der Waals surface area contributed by atoms with Gasteiger partial charge >= 0.3 is 0 Å². The first-order valence-corrected chi connectivity index (χ1v) is 16.0. The molecule has 6 rings (SSSR count). The van der Waals surface area contributed by atoms with E-state index in [1.54, 1.807) is 32.0 Å². The number of aliphatic hydroxyl groups is 1. The molecule has 14 heteroatoms. The van der Waals surface area contributed by atoms with Crippen molar-refractivity contribution in [3.63, 3.8) is 0 Å². The Labute approximate surface area is 281 Å². The fourth-order valence-corrected chi connectivity index (χ4v) is 6.06. The Balaban J connectivity index is 0.00000433. The molecule has 3 aromatic rings. The number of β-amino-alcohol motifs (C(OH)–C–C–N with tert-alkyl or cyclic N) is 1. The van der Waals surface area contributed by atoms with Crippen LogP contribution in [-0.2, 0) is 24.4 Å². The predicted octanol–water partition coefficient (Wildman–Crippen LogP) is 2.99. The Kier molecular flexibility index (Phi) is 11.3. The zero-order valence-electron chi connectivity index (χ0n) is 26.9. The van der Waals surface area contributed by atoms with Gasteiger partial charge in [-0.3, -0.25) is 14.5 Å². The van der Waals surface area contributed by atoms with Gasteiger partial charge in [0.25, 0.3) is 5.91 Å². The molecule has 1 atom stereocenters. The van der Waals surface area contributed by atoms with Crippen LogP contribution in [0.15, 0.2) is 35.1 Å². The maximum absolute atomic E-state index is 14.9. The number of pyridine rings is 1. The highest BCUT2D eigenvalue weighted by Gasteiger charge is 2.25. The molecule has 0 bridgehead atoms. The average molecular weight is 670 g/mol. The third-order valence-electron chi connectivity index (χ3n) is 9.10. The topological polar surface area (TPSA) is 136 Å². The highest BCUT2D eigenvalue weighted by Crippen LogP contribution is 2.29. The Hall–Kier alpha value is -3.88. The number of hydrogen-bond donors (Lipinski definition) is 3. The number of piperazine rings is 1. The summed E-state index contributed by atoms with van der Waals surface area (Å²) in [6.45, 7) is 7.55. The zero-order chi connectivity index (χ0) is 32.2. The lowest BCUT2D eigenvalue weighted by Gasteiger charge is -2.35. The maximum Gasteiger partial charge on any atom is 0.251 e. The Bertz CT molecular complexity index is 1560. The van der Waals surface area contributed by atoms with Crippen LogP contribution in [0.1, 0.15) is 59.1 Å². The molecule has 2 fully saturated rings. The van der Waals surface area contributed by atoms with Gasteiger partial charge in [0.05, 0.1) is 11.8 Å². The number of aliphatic hydroxyl groups excluding tert-OH is 1. The molecular weight excluding hydrogens is 625 g/mol. The number of anilines is 2. The van der Waals surface area contributed by atoms with Crippen molar-refractivity contribution in [1.82, 2.24) is 25.1 Å². The number of fused-ring (bicyclic) bond motifs is 1. The van der Waals surface area contributed by atoms with Crippen LogP contribution in [0, 0.1) is 12.7 Å². The molecule has 0 spiro atoms. The third kappa shape index (κ3) is 8.54. The van der Waals surface area contributed by atoms with Crippen molar-refractivity contribution in [3.8, 4) is 5.75 Å². The molecule has 3 N–H and O–H groups in total. The molecule has 12 nitrogen and oxygen atoms in total. The number of ether oxygens (including phenoxy) is 1. The van der Waals surface area contributed by atoms with E-state index in [2.05, 4.69) is 25.4 Å². The number of nitrogens with one attached hydrogen (secondary N) is 2. The summed E-state index contributed by atoms with van der Waals surface area (Å²) in [6.07, 6.45) is 4.53. The van der Waals surface area contributed by atoms with Gasteiger partial charge in [0, 0.05) is 70.9 Å². The fraction of sp³-hybridized carbons (Fsp3) is 0.515. The molecule has 1 aliphatic carbocycles. The van der Waals surface area contributed by atoms with Crippen molar-refractivity contribution in [2.45, 2.75) is 64.8 Å². The zero-order valence-corrected chi connectivity index (χ0v) is 27.9. The quantitative estimate of drug-likeness (QED) is 0.280. The Morgan fingerprint density at radius 3 is 2.60 bits per heavy atom. The van der Waals surface area contributed by atoms with Gasteiger partial charge in [0.1, 0.15) is 18.2 Å². The molecule has 2 amide bonds. The van der Waals surface area contributed by atoms with Crippen LogP contribution in [0.3, 0.4) is 0 Å². The van der Waals surface area contributed by atoms with Crippen molar-refractivity contribution < 1.29 is 28.2 Å². The molecule has 2 aliphatic heterocycles. The predicted molar refractivity (Wildman–Crippen MR) is 180 cm³/mol. The minimum atomic E-state index is -0.809. The normalized spacial score (nSPS) is 17.3. The number of aromatic nitrogens is 2. The SMILES string of the molecule is CC(=O)N1CCN(c2cc(C(=O)NC[C@H](O)CN3CCc4cc(OCc5ocnc5C)c(F)cc4C3)cc(NC3CCC3)n2)CC1.S. The molecular formula is C33H44FN7O5S. The van der Waals surface area contributed by atoms with E-state index < -0.39 is 11.9 Å². The van der Waals surface area contributed by atoms with Gasteiger partial charge in [-0.15, -0.1) is 0 Å². The highest BCUT2D eigenvalue weighted by molar-refractivity contribution is 7.59. The largest absolute Gasteiger partial charge is 0.482 e. The van der Waals surface area contributed by atoms with Crippen LogP contribution in [0.4, 0.5) is 16.0 Å². The summed E-state index contributed by atoms with van der Waals surface area (Å²) in [4.78, 5) is 39.9. The standard InChI is InChI=1S/C33H42FN7O5.H2S/c1-21-30(46-20-36-21)19-45-29-13-23-6-7-39(17-25(23)12-28(29)34)18-27(43)16-35-33(44)24-14-31(37-26-4-3-5-26)38-32(15-24)41-10-8-40(9-11-41)22(2)42;/h12-15,20,26-27,43H,3-11,16-19H2,1-2H3,(H,35,44)(H,37,38);1H2/t27-;/m0./s1. The van der Waals surface area contributed by atoms with E-state index in [4.69, 9.17) is 14.1 Å². The second kappa shape index (κ2) is 15.3. The van der Waals surface area contributed by atoms with E-state index in [9.17, 15) is 19.1 Å². The molecule has 1 aromatic carbocycles. The molecule has 3 aliphatic rings. The first kappa shape index (κ1) is 34.5. The van der Waals surface area contributed by atoms with Crippen LogP contribution in [0.2, 0.25) is 0 Å². The lowest BCUT2D eigenvalue weighted by Crippen LogP contribution is -2.48. The summed E-state index contributed by atoms with van der Waals surface area (Å²) in [6, 6.07) is 7.12. The number of nitrogens with zero attached hydrogens (tertiary/aromatic N) is 5. The third-order valence-corrected chi connectivity index (χ3v) is 9.10. The number of rotatable bonds is 11. The number of oxazole rings is 1. The maximum atomic E-state index is 14.9. The average Bonchev–Trinajstić information content (AvgIpc) is 3.44. The smallest absolute Gasteiger partial charge is 0.251 e. The molecule has 1 saturated carbocycles. The number of amides is 2. The van der Waals surface area contributed by atoms with Crippen molar-refractivity contribution >= 4 is 36.9 Å². The first-order chi connectivity index (χ1) is 22.2. The van der Waals surface area contributed by atoms with Crippen LogP contribution < -0.4 is 20.3 Å². The van der Waals surface area contributed by atoms with E-state index in [1.807, 2.05) is 4.90 Å². The summed E-state index contributed by atoms with van der Waals surface area (Å²) in [5, 5.41) is 17.2. The number of aryl methyl sites for hydroxylation is 1. The second-order valence-corrected chi connectivity index (χ2v) is 12.4. The summed E-state index contributed by atoms with van der Waals surface area (Å²) >= 11 is 0. The second-order valence-electron chi connectivity index (χ2n) is 12.4. The summed E-state index contributed by atoms with van der Waals surface area (Å²) < 4.78 is 25.8. The van der Waals surface area contributed by atoms with Crippen molar-refractivity contribution in [2.24, 2.45) is 0 Å². The number of carbonyl (C=O) groups is 2. The monoisotopic (exact) mass is 669 g/mol. The van der Waals surface area contributed by atoms with E-state index in [1.165, 1.54) is 18.9 Å². The summed E-state index contributed by atoms with van der Waals surface area (Å²) in [7, 11) is 0. The van der Waals surface area contributed by atoms with E-state index in [0.29, 0.717) is 86.9 Å². The van der Waals surface area contributed by atoms with Crippen molar-refractivity contribution in [3.05, 3.63) is 64.6 Å². The number of carbonyl (C=O) groups excluding carboxylic acids is 2. The van der Waals surface area contributed by atoms with Crippen LogP contribution in [0.5, 0.6) is 5.75 Å². The van der Waals surface area contributed by atoms with Gasteiger partial charge in [-0.25, -0.2) is 14.4 Å². The van der Waals surface area contributed by atoms with Gasteiger partial charge < -0.3 is 34.7 Å². The minimum Gasteiger partial charge on any atom is -0.482 e. The number of hydrogen-bond acceptors (Lipinski definition) is 10. The highest BCUT2D eigenvalue weighted by atomic mass is 32.1. The Morgan fingerprint density at radius 2 is 1.91 bits per heavy atom. The van der Waals surface area contributed by atoms with Gasteiger partial charge in [0.2, 0.25) is 5.91 Å². The molecule has 2 aromatic heterocycles. The minimum absolute atomic E-state index is 0. The van der Waals surface area contributed by atoms with E-state index in [-0.39, 0.29) is 44.2 Å². The lowest BCUT2D eigenvalue weighted by atomic mass is 9.93. The number of benzene rings is 1. The molecule has 0 unspecified atom stereocenters. The molecule has 4 heterocycles. The number of halogens is 1. The van der Waals surface area contributed by atoms with Crippen molar-refractivity contribution in [1.29, 1.82) is 0 Å². The first-order valence-electron chi connectivity index (χ1n) is 16.0. The van der Waals surface area contributed by atoms with Crippen molar-refractivity contribution in [2.75, 3.05) is 56.0 Å². The van der Waals surface area contributed by atoms with Gasteiger partial charge in [-0.05, 0) is 68.0 Å². The van der Waals surface area contributed by atoms with Crippen LogP contribution in [0.25, 0.3) is 0 Å². The van der Waals surface area contributed by atoms with Gasteiger partial charge in [-0.2, -0.15) is 13.5 Å². The molecule has 0 radical (unpaired) electrons. The fourth-order valence-electron chi connectivity index (χ4n) is 6.06. The van der Waals surface area contributed by atoms with Crippen LogP contribution >= 0.6 is 13.5 Å².